The molecule has 3 aromatic rings. The molecule has 1 saturated heterocycles. The lowest BCUT2D eigenvalue weighted by molar-refractivity contribution is -0.145. The molecule has 4 rings (SSSR count). The van der Waals surface area contributed by atoms with Crippen molar-refractivity contribution in [3.8, 4) is 5.75 Å². The Labute approximate surface area is 242 Å². The minimum Gasteiger partial charge on any atom is -0.489 e. The fraction of sp³-hybridized carbons (Fsp3) is 0.382. The van der Waals surface area contributed by atoms with Crippen LogP contribution in [0.25, 0.3) is 0 Å². The molecule has 2 amide bonds. The zero-order valence-corrected chi connectivity index (χ0v) is 24.0. The molecule has 0 unspecified atom stereocenters. The Morgan fingerprint density at radius 3 is 2.29 bits per heavy atom. The zero-order valence-electron chi connectivity index (χ0n) is 24.0. The smallest absolute Gasteiger partial charge is 0.328 e. The number of hydrogen-bond donors (Lipinski definition) is 1. The average molecular weight is 557 g/mol. The summed E-state index contributed by atoms with van der Waals surface area (Å²) >= 11 is 0. The lowest BCUT2D eigenvalue weighted by Crippen LogP contribution is -2.44. The summed E-state index contributed by atoms with van der Waals surface area (Å²) in [5.74, 6) is 0.423. The third kappa shape index (κ3) is 9.48. The minimum atomic E-state index is -0.771. The van der Waals surface area contributed by atoms with Crippen LogP contribution in [0.5, 0.6) is 5.75 Å². The molecule has 0 aromatic heterocycles. The molecule has 1 aliphatic heterocycles. The van der Waals surface area contributed by atoms with Crippen molar-refractivity contribution in [3.63, 3.8) is 0 Å². The van der Waals surface area contributed by atoms with Gasteiger partial charge < -0.3 is 19.7 Å². The molecule has 0 bridgehead atoms. The molecule has 0 aliphatic carbocycles. The van der Waals surface area contributed by atoms with E-state index < -0.39 is 12.0 Å². The third-order valence-electron chi connectivity index (χ3n) is 7.58. The van der Waals surface area contributed by atoms with Crippen LogP contribution in [0.4, 0.5) is 0 Å². The van der Waals surface area contributed by atoms with Gasteiger partial charge in [-0.25, -0.2) is 4.79 Å². The third-order valence-corrected chi connectivity index (χ3v) is 7.58. The molecule has 1 fully saturated rings. The maximum absolute atomic E-state index is 12.9. The van der Waals surface area contributed by atoms with Crippen LogP contribution < -0.4 is 10.1 Å². The number of esters is 1. The van der Waals surface area contributed by atoms with Crippen LogP contribution in [0.1, 0.15) is 47.9 Å². The maximum atomic E-state index is 12.9. The first-order valence-corrected chi connectivity index (χ1v) is 14.4. The number of ether oxygens (including phenoxy) is 2. The molecular formula is C34H40N2O5. The lowest BCUT2D eigenvalue weighted by Gasteiger charge is -2.32. The number of rotatable bonds is 12. The number of likely N-dealkylation sites (tertiary alicyclic amines) is 1. The predicted molar refractivity (Wildman–Crippen MR) is 158 cm³/mol. The largest absolute Gasteiger partial charge is 0.489 e. The van der Waals surface area contributed by atoms with E-state index in [1.54, 1.807) is 0 Å². The molecule has 0 spiro atoms. The first-order valence-electron chi connectivity index (χ1n) is 14.4. The van der Waals surface area contributed by atoms with Crippen molar-refractivity contribution in [2.75, 3.05) is 20.2 Å². The van der Waals surface area contributed by atoms with Crippen molar-refractivity contribution < 1.29 is 23.9 Å². The Bertz CT molecular complexity index is 1280. The van der Waals surface area contributed by atoms with Crippen molar-refractivity contribution in [1.82, 2.24) is 10.2 Å². The van der Waals surface area contributed by atoms with E-state index in [2.05, 4.69) is 30.4 Å². The highest BCUT2D eigenvalue weighted by Gasteiger charge is 2.27. The van der Waals surface area contributed by atoms with Crippen molar-refractivity contribution in [3.05, 3.63) is 101 Å². The van der Waals surface area contributed by atoms with Crippen LogP contribution >= 0.6 is 0 Å². The molecule has 1 atom stereocenters. The predicted octanol–water partition coefficient (Wildman–Crippen LogP) is 5.04. The summed E-state index contributed by atoms with van der Waals surface area (Å²) in [6.45, 7) is 3.84. The highest BCUT2D eigenvalue weighted by atomic mass is 16.5. The molecule has 41 heavy (non-hydrogen) atoms. The molecule has 0 radical (unpaired) electrons. The molecule has 7 nitrogen and oxygen atoms in total. The summed E-state index contributed by atoms with van der Waals surface area (Å²) in [7, 11) is 1.33. The Morgan fingerprint density at radius 1 is 0.902 bits per heavy atom. The van der Waals surface area contributed by atoms with E-state index in [9.17, 15) is 14.4 Å². The van der Waals surface area contributed by atoms with Gasteiger partial charge in [0.05, 0.1) is 7.11 Å². The van der Waals surface area contributed by atoms with E-state index in [4.69, 9.17) is 9.47 Å². The second-order valence-electron chi connectivity index (χ2n) is 10.8. The number of nitrogens with one attached hydrogen (secondary N) is 1. The Balaban J connectivity index is 1.21. The average Bonchev–Trinajstić information content (AvgIpc) is 2.99. The SMILES string of the molecule is COC(=O)[C@H](Cc1ccc(OCc2ccccc2)cc1)NC(=O)CC1CCN(C(=O)CCc2cccc(C)c2)CC1. The van der Waals surface area contributed by atoms with Gasteiger partial charge in [-0.1, -0.05) is 72.3 Å². The van der Waals surface area contributed by atoms with Crippen molar-refractivity contribution in [1.29, 1.82) is 0 Å². The molecule has 1 heterocycles. The second kappa shape index (κ2) is 15.0. The van der Waals surface area contributed by atoms with Gasteiger partial charge >= 0.3 is 5.97 Å². The van der Waals surface area contributed by atoms with Gasteiger partial charge in [0.25, 0.3) is 0 Å². The highest BCUT2D eigenvalue weighted by Crippen LogP contribution is 2.22. The van der Waals surface area contributed by atoms with Gasteiger partial charge in [0.2, 0.25) is 11.8 Å². The Kier molecular flexibility index (Phi) is 10.9. The quantitative estimate of drug-likeness (QED) is 0.316. The minimum absolute atomic E-state index is 0.164. The second-order valence-corrected chi connectivity index (χ2v) is 10.8. The van der Waals surface area contributed by atoms with Gasteiger partial charge in [-0.15, -0.1) is 0 Å². The highest BCUT2D eigenvalue weighted by molar-refractivity contribution is 5.84. The number of amides is 2. The van der Waals surface area contributed by atoms with E-state index in [0.717, 1.165) is 36.1 Å². The fourth-order valence-corrected chi connectivity index (χ4v) is 5.21. The normalized spacial score (nSPS) is 14.2. The zero-order chi connectivity index (χ0) is 29.0. The summed E-state index contributed by atoms with van der Waals surface area (Å²) in [6, 6.07) is 24.9. The van der Waals surface area contributed by atoms with Crippen molar-refractivity contribution >= 4 is 17.8 Å². The maximum Gasteiger partial charge on any atom is 0.328 e. The van der Waals surface area contributed by atoms with Crippen LogP contribution in [0, 0.1) is 12.8 Å². The van der Waals surface area contributed by atoms with Gasteiger partial charge in [0.1, 0.15) is 18.4 Å². The summed E-state index contributed by atoms with van der Waals surface area (Å²) in [4.78, 5) is 40.0. The van der Waals surface area contributed by atoms with Crippen molar-refractivity contribution in [2.24, 2.45) is 5.92 Å². The lowest BCUT2D eigenvalue weighted by atomic mass is 9.92. The summed E-state index contributed by atoms with van der Waals surface area (Å²) < 4.78 is 10.8. The molecule has 0 saturated carbocycles. The summed E-state index contributed by atoms with van der Waals surface area (Å²) in [6.07, 6.45) is 3.43. The van der Waals surface area contributed by atoms with Crippen LogP contribution in [-0.4, -0.2) is 48.9 Å². The van der Waals surface area contributed by atoms with E-state index in [-0.39, 0.29) is 17.7 Å². The van der Waals surface area contributed by atoms with E-state index in [1.165, 1.54) is 18.2 Å². The topological polar surface area (TPSA) is 84.9 Å². The van der Waals surface area contributed by atoms with Crippen LogP contribution in [-0.2, 0) is 38.6 Å². The first-order chi connectivity index (χ1) is 19.9. The van der Waals surface area contributed by atoms with Gasteiger partial charge in [0.15, 0.2) is 0 Å². The van der Waals surface area contributed by atoms with Gasteiger partial charge in [-0.3, -0.25) is 9.59 Å². The van der Waals surface area contributed by atoms with E-state index >= 15 is 0 Å². The van der Waals surface area contributed by atoms with Crippen molar-refractivity contribution in [2.45, 2.75) is 58.1 Å². The van der Waals surface area contributed by atoms with Crippen LogP contribution in [0.2, 0.25) is 0 Å². The number of nitrogens with zero attached hydrogens (tertiary/aromatic N) is 1. The van der Waals surface area contributed by atoms with Gasteiger partial charge in [-0.05, 0) is 60.9 Å². The van der Waals surface area contributed by atoms with E-state index in [1.807, 2.05) is 65.6 Å². The number of carbonyl (C=O) groups excluding carboxylic acids is 3. The van der Waals surface area contributed by atoms with E-state index in [0.29, 0.717) is 39.0 Å². The Morgan fingerprint density at radius 2 is 1.61 bits per heavy atom. The number of carbonyl (C=O) groups is 3. The summed E-state index contributed by atoms with van der Waals surface area (Å²) in [5, 5.41) is 2.88. The number of benzene rings is 3. The molecule has 3 aromatic carbocycles. The van der Waals surface area contributed by atoms with Crippen LogP contribution in [0.3, 0.4) is 0 Å². The summed E-state index contributed by atoms with van der Waals surface area (Å²) in [5.41, 5.74) is 4.36. The fourth-order valence-electron chi connectivity index (χ4n) is 5.21. The molecular weight excluding hydrogens is 516 g/mol. The number of hydrogen-bond acceptors (Lipinski definition) is 5. The standard InChI is InChI=1S/C34H40N2O5/c1-25-7-6-10-26(21-25)13-16-33(38)36-19-17-28(18-20-36)23-32(37)35-31(34(39)40-2)22-27-11-14-30(15-12-27)41-24-29-8-4-3-5-9-29/h3-12,14-15,21,28,31H,13,16-20,22-24H2,1-2H3,(H,35,37)/t31-/m0/s1. The molecule has 7 heteroatoms. The molecule has 1 N–H and O–H groups in total. The van der Waals surface area contributed by atoms with Gasteiger partial charge in [0, 0.05) is 32.4 Å². The van der Waals surface area contributed by atoms with Crippen LogP contribution in [0.15, 0.2) is 78.9 Å². The molecule has 216 valence electrons. The Hall–Kier alpha value is -4.13. The molecule has 1 aliphatic rings. The monoisotopic (exact) mass is 556 g/mol. The number of methoxy groups -OCH3 is 1. The number of piperidine rings is 1. The first kappa shape index (κ1) is 29.8. The number of aryl methyl sites for hydroxylation is 2. The van der Waals surface area contributed by atoms with Gasteiger partial charge in [-0.2, -0.15) is 0 Å².